The van der Waals surface area contributed by atoms with Crippen LogP contribution in [0.2, 0.25) is 0 Å². The molecule has 0 saturated carbocycles. The molecule has 0 bridgehead atoms. The van der Waals surface area contributed by atoms with E-state index in [0.29, 0.717) is 0 Å². The molecule has 0 atom stereocenters. The van der Waals surface area contributed by atoms with Crippen molar-refractivity contribution in [3.05, 3.63) is 53.5 Å². The third-order valence-corrected chi connectivity index (χ3v) is 5.23. The maximum Gasteiger partial charge on any atom is 0.341 e. The van der Waals surface area contributed by atoms with Gasteiger partial charge in [-0.05, 0) is 31.2 Å². The van der Waals surface area contributed by atoms with Crippen molar-refractivity contribution < 1.29 is 31.9 Å². The number of benzene rings is 1. The van der Waals surface area contributed by atoms with Gasteiger partial charge in [-0.2, -0.15) is 0 Å². The number of ether oxygens (including phenoxy) is 2. The SMILES string of the molecule is CCOC(=O)c1ccoc1COC(=O)c1cccc(S(=O)(=O)N(C)C)c1. The second-order valence-corrected chi connectivity index (χ2v) is 7.52. The van der Waals surface area contributed by atoms with E-state index in [-0.39, 0.29) is 35.0 Å². The molecule has 0 aliphatic carbocycles. The highest BCUT2D eigenvalue weighted by molar-refractivity contribution is 7.89. The number of carbonyl (C=O) groups excluding carboxylic acids is 2. The fourth-order valence-corrected chi connectivity index (χ4v) is 3.00. The highest BCUT2D eigenvalue weighted by atomic mass is 32.2. The Hall–Kier alpha value is -2.65. The zero-order chi connectivity index (χ0) is 19.3. The molecule has 1 aromatic heterocycles. The zero-order valence-electron chi connectivity index (χ0n) is 14.6. The first-order chi connectivity index (χ1) is 12.3. The summed E-state index contributed by atoms with van der Waals surface area (Å²) < 4.78 is 40.5. The monoisotopic (exact) mass is 381 g/mol. The summed E-state index contributed by atoms with van der Waals surface area (Å²) in [6.45, 7) is 1.59. The van der Waals surface area contributed by atoms with Crippen molar-refractivity contribution in [2.24, 2.45) is 0 Å². The number of rotatable bonds is 7. The van der Waals surface area contributed by atoms with Crippen LogP contribution in [-0.2, 0) is 26.1 Å². The van der Waals surface area contributed by atoms with Gasteiger partial charge < -0.3 is 13.9 Å². The number of hydrogen-bond donors (Lipinski definition) is 0. The summed E-state index contributed by atoms with van der Waals surface area (Å²) in [5.41, 5.74) is 0.237. The van der Waals surface area contributed by atoms with Crippen molar-refractivity contribution in [1.82, 2.24) is 4.31 Å². The van der Waals surface area contributed by atoms with Gasteiger partial charge in [-0.3, -0.25) is 0 Å². The van der Waals surface area contributed by atoms with Gasteiger partial charge in [0.05, 0.1) is 23.3 Å². The Labute approximate surface area is 151 Å². The molecule has 1 aromatic carbocycles. The summed E-state index contributed by atoms with van der Waals surface area (Å²) in [5.74, 6) is -1.17. The van der Waals surface area contributed by atoms with Gasteiger partial charge in [-0.1, -0.05) is 6.07 Å². The average Bonchev–Trinajstić information content (AvgIpc) is 3.08. The summed E-state index contributed by atoms with van der Waals surface area (Å²) in [5, 5.41) is 0. The zero-order valence-corrected chi connectivity index (χ0v) is 15.4. The molecule has 0 aliphatic rings. The third kappa shape index (κ3) is 4.30. The number of furan rings is 1. The average molecular weight is 381 g/mol. The van der Waals surface area contributed by atoms with Crippen LogP contribution in [0.15, 0.2) is 45.9 Å². The molecule has 0 spiro atoms. The Bertz CT molecular complexity index is 899. The minimum Gasteiger partial charge on any atom is -0.465 e. The minimum atomic E-state index is -3.67. The highest BCUT2D eigenvalue weighted by Gasteiger charge is 2.21. The van der Waals surface area contributed by atoms with Gasteiger partial charge >= 0.3 is 11.9 Å². The molecular weight excluding hydrogens is 362 g/mol. The first-order valence-corrected chi connectivity index (χ1v) is 9.14. The number of hydrogen-bond acceptors (Lipinski definition) is 7. The Balaban J connectivity index is 2.13. The van der Waals surface area contributed by atoms with Crippen LogP contribution < -0.4 is 0 Å². The quantitative estimate of drug-likeness (QED) is 0.676. The maximum absolute atomic E-state index is 12.2. The predicted octanol–water partition coefficient (Wildman–Crippen LogP) is 2.06. The van der Waals surface area contributed by atoms with E-state index in [9.17, 15) is 18.0 Å². The van der Waals surface area contributed by atoms with E-state index in [1.54, 1.807) is 6.92 Å². The van der Waals surface area contributed by atoms with Crippen LogP contribution in [0.1, 0.15) is 33.4 Å². The number of carbonyl (C=O) groups is 2. The standard InChI is InChI=1S/C17H19NO7S/c1-4-23-17(20)14-8-9-24-15(14)11-25-16(19)12-6-5-7-13(10-12)26(21,22)18(2)3/h5-10H,4,11H2,1-3H3. The highest BCUT2D eigenvalue weighted by Crippen LogP contribution is 2.17. The lowest BCUT2D eigenvalue weighted by Gasteiger charge is -2.12. The lowest BCUT2D eigenvalue weighted by Crippen LogP contribution is -2.22. The van der Waals surface area contributed by atoms with E-state index in [1.807, 2.05) is 0 Å². The van der Waals surface area contributed by atoms with E-state index in [0.717, 1.165) is 4.31 Å². The molecule has 2 aromatic rings. The molecule has 9 heteroatoms. The summed E-state index contributed by atoms with van der Waals surface area (Å²) in [7, 11) is -0.876. The summed E-state index contributed by atoms with van der Waals surface area (Å²) in [6.07, 6.45) is 1.29. The van der Waals surface area contributed by atoms with Crippen LogP contribution in [-0.4, -0.2) is 45.4 Å². The van der Waals surface area contributed by atoms with Gasteiger partial charge in [0.15, 0.2) is 12.4 Å². The Morgan fingerprint density at radius 3 is 2.50 bits per heavy atom. The minimum absolute atomic E-state index is 0.0258. The predicted molar refractivity (Wildman–Crippen MR) is 91.1 cm³/mol. The molecule has 0 saturated heterocycles. The van der Waals surface area contributed by atoms with Crippen LogP contribution in [0.3, 0.4) is 0 Å². The molecule has 140 valence electrons. The number of sulfonamides is 1. The van der Waals surface area contributed by atoms with Crippen LogP contribution >= 0.6 is 0 Å². The molecule has 26 heavy (non-hydrogen) atoms. The lowest BCUT2D eigenvalue weighted by molar-refractivity contribution is 0.0422. The maximum atomic E-state index is 12.2. The molecule has 0 aliphatic heterocycles. The van der Waals surface area contributed by atoms with E-state index in [1.165, 1.54) is 50.7 Å². The van der Waals surface area contributed by atoms with E-state index in [2.05, 4.69) is 0 Å². The molecule has 0 N–H and O–H groups in total. The first kappa shape index (κ1) is 19.7. The molecular formula is C17H19NO7S. The van der Waals surface area contributed by atoms with Crippen molar-refractivity contribution in [2.45, 2.75) is 18.4 Å². The van der Waals surface area contributed by atoms with Gasteiger partial charge in [0.1, 0.15) is 5.56 Å². The fourth-order valence-electron chi connectivity index (χ4n) is 2.05. The van der Waals surface area contributed by atoms with Crippen molar-refractivity contribution in [2.75, 3.05) is 20.7 Å². The van der Waals surface area contributed by atoms with Crippen molar-refractivity contribution in [1.29, 1.82) is 0 Å². The Morgan fingerprint density at radius 2 is 1.85 bits per heavy atom. The molecule has 0 fully saturated rings. The van der Waals surface area contributed by atoms with Gasteiger partial charge in [0, 0.05) is 14.1 Å². The topological polar surface area (TPSA) is 103 Å². The summed E-state index contributed by atoms with van der Waals surface area (Å²) >= 11 is 0. The smallest absolute Gasteiger partial charge is 0.341 e. The van der Waals surface area contributed by atoms with Gasteiger partial charge in [-0.25, -0.2) is 22.3 Å². The van der Waals surface area contributed by atoms with Gasteiger partial charge in [0.2, 0.25) is 10.0 Å². The van der Waals surface area contributed by atoms with Crippen LogP contribution in [0, 0.1) is 0 Å². The number of nitrogens with zero attached hydrogens (tertiary/aromatic N) is 1. The van der Waals surface area contributed by atoms with E-state index < -0.39 is 22.0 Å². The van der Waals surface area contributed by atoms with Crippen LogP contribution in [0.4, 0.5) is 0 Å². The lowest BCUT2D eigenvalue weighted by atomic mass is 10.2. The Morgan fingerprint density at radius 1 is 1.12 bits per heavy atom. The van der Waals surface area contributed by atoms with Crippen LogP contribution in [0.25, 0.3) is 0 Å². The normalized spacial score (nSPS) is 11.4. The molecule has 0 radical (unpaired) electrons. The second-order valence-electron chi connectivity index (χ2n) is 5.37. The molecule has 0 amide bonds. The van der Waals surface area contributed by atoms with Gasteiger partial charge in [0.25, 0.3) is 0 Å². The number of esters is 2. The largest absolute Gasteiger partial charge is 0.465 e. The summed E-state index contributed by atoms with van der Waals surface area (Å²) in [4.78, 5) is 23.9. The third-order valence-electron chi connectivity index (χ3n) is 3.42. The van der Waals surface area contributed by atoms with Crippen molar-refractivity contribution >= 4 is 22.0 Å². The van der Waals surface area contributed by atoms with E-state index >= 15 is 0 Å². The molecule has 2 rings (SSSR count). The second kappa shape index (κ2) is 8.15. The van der Waals surface area contributed by atoms with Crippen molar-refractivity contribution in [3.63, 3.8) is 0 Å². The summed E-state index contributed by atoms with van der Waals surface area (Å²) in [6, 6.07) is 6.92. The molecule has 8 nitrogen and oxygen atoms in total. The van der Waals surface area contributed by atoms with Crippen molar-refractivity contribution in [3.8, 4) is 0 Å². The molecule has 0 unspecified atom stereocenters. The van der Waals surface area contributed by atoms with E-state index in [4.69, 9.17) is 13.9 Å². The fraction of sp³-hybridized carbons (Fsp3) is 0.294. The Kier molecular flexibility index (Phi) is 6.17. The first-order valence-electron chi connectivity index (χ1n) is 7.70. The van der Waals surface area contributed by atoms with Gasteiger partial charge in [-0.15, -0.1) is 0 Å². The van der Waals surface area contributed by atoms with Crippen LogP contribution in [0.5, 0.6) is 0 Å². The molecule has 1 heterocycles.